The summed E-state index contributed by atoms with van der Waals surface area (Å²) in [5, 5.41) is 9.73. The normalized spacial score (nSPS) is 12.2. The molecule has 50 heavy (non-hydrogen) atoms. The van der Waals surface area contributed by atoms with E-state index in [1.165, 1.54) is 167 Å². The molecule has 1 rings (SSSR count). The number of aliphatic carboxylic acids is 1. The zero-order valence-corrected chi connectivity index (χ0v) is 33.6. The van der Waals surface area contributed by atoms with Crippen LogP contribution in [0.2, 0.25) is 0 Å². The number of hydrogen-bond donors (Lipinski definition) is 1. The topological polar surface area (TPSA) is 63.6 Å². The smallest absolute Gasteiger partial charge is 0.314 e. The van der Waals surface area contributed by atoms with Crippen molar-refractivity contribution in [3.8, 4) is 5.75 Å². The average Bonchev–Trinajstić information content (AvgIpc) is 3.10. The minimum Gasteiger partial charge on any atom is -0.481 e. The van der Waals surface area contributed by atoms with Crippen LogP contribution in [0.3, 0.4) is 0 Å². The van der Waals surface area contributed by atoms with Gasteiger partial charge in [0.1, 0.15) is 5.75 Å². The number of carboxylic acids is 1. The van der Waals surface area contributed by atoms with Gasteiger partial charge in [0.15, 0.2) is 0 Å². The molecular weight excluding hydrogens is 617 g/mol. The zero-order chi connectivity index (χ0) is 36.5. The van der Waals surface area contributed by atoms with Gasteiger partial charge in [-0.25, -0.2) is 0 Å². The zero-order valence-electron chi connectivity index (χ0n) is 33.6. The number of benzene rings is 1. The number of carbonyl (C=O) groups is 2. The maximum Gasteiger partial charge on any atom is 0.314 e. The van der Waals surface area contributed by atoms with Crippen molar-refractivity contribution in [3.05, 3.63) is 29.8 Å². The van der Waals surface area contributed by atoms with E-state index in [2.05, 4.69) is 13.8 Å². The van der Waals surface area contributed by atoms with Crippen molar-refractivity contribution in [2.24, 2.45) is 11.8 Å². The van der Waals surface area contributed by atoms with E-state index in [1.807, 2.05) is 26.0 Å². The Hall–Kier alpha value is -1.84. The van der Waals surface area contributed by atoms with Gasteiger partial charge in [0.25, 0.3) is 0 Å². The lowest BCUT2D eigenvalue weighted by atomic mass is 9.90. The van der Waals surface area contributed by atoms with Crippen LogP contribution in [0.4, 0.5) is 0 Å². The summed E-state index contributed by atoms with van der Waals surface area (Å²) in [6.07, 6.45) is 39.9. The number of esters is 1. The van der Waals surface area contributed by atoms with Crippen LogP contribution in [-0.4, -0.2) is 17.0 Å². The fourth-order valence-electron chi connectivity index (χ4n) is 7.37. The monoisotopic (exact) mass is 699 g/mol. The Labute approximate surface area is 310 Å². The average molecular weight is 699 g/mol. The van der Waals surface area contributed by atoms with E-state index in [-0.39, 0.29) is 11.9 Å². The summed E-state index contributed by atoms with van der Waals surface area (Å²) < 4.78 is 5.91. The Morgan fingerprint density at radius 3 is 1.14 bits per heavy atom. The Balaban J connectivity index is 2.42. The Bertz CT molecular complexity index is 875. The van der Waals surface area contributed by atoms with E-state index in [1.54, 1.807) is 12.1 Å². The lowest BCUT2D eigenvalue weighted by Crippen LogP contribution is -2.21. The summed E-state index contributed by atoms with van der Waals surface area (Å²) in [4.78, 5) is 25.2. The lowest BCUT2D eigenvalue weighted by molar-refractivity contribution is -0.140. The molecule has 1 unspecified atom stereocenters. The largest absolute Gasteiger partial charge is 0.481 e. The quantitative estimate of drug-likeness (QED) is 0.0430. The number of ether oxygens (including phenoxy) is 1. The molecule has 0 radical (unpaired) electrons. The minimum absolute atomic E-state index is 0.0583. The molecule has 0 saturated heterocycles. The fraction of sp³-hybridized carbons (Fsp3) is 0.826. The van der Waals surface area contributed by atoms with Crippen molar-refractivity contribution in [1.82, 2.24) is 0 Å². The van der Waals surface area contributed by atoms with Gasteiger partial charge in [0, 0.05) is 0 Å². The van der Waals surface area contributed by atoms with Crippen LogP contribution in [0.1, 0.15) is 238 Å². The van der Waals surface area contributed by atoms with Crippen LogP contribution in [0.15, 0.2) is 24.3 Å². The Morgan fingerprint density at radius 1 is 0.520 bits per heavy atom. The van der Waals surface area contributed by atoms with Gasteiger partial charge in [-0.15, -0.1) is 0 Å². The van der Waals surface area contributed by atoms with Crippen LogP contribution in [-0.2, 0) is 9.59 Å². The summed E-state index contributed by atoms with van der Waals surface area (Å²) in [5.41, 5.74) is 0.771. The molecule has 1 aromatic rings. The second-order valence-corrected chi connectivity index (χ2v) is 16.0. The second kappa shape index (κ2) is 33.0. The molecule has 0 fully saturated rings. The minimum atomic E-state index is -0.801. The van der Waals surface area contributed by atoms with Crippen molar-refractivity contribution in [1.29, 1.82) is 0 Å². The summed E-state index contributed by atoms with van der Waals surface area (Å²) >= 11 is 0. The first-order chi connectivity index (χ1) is 24.4. The van der Waals surface area contributed by atoms with Gasteiger partial charge in [0.2, 0.25) is 0 Å². The van der Waals surface area contributed by atoms with E-state index in [0.29, 0.717) is 18.1 Å². The number of rotatable bonds is 36. The van der Waals surface area contributed by atoms with Crippen LogP contribution in [0.25, 0.3) is 0 Å². The molecule has 0 aliphatic rings. The molecule has 0 aliphatic heterocycles. The Kier molecular flexibility index (Phi) is 30.5. The van der Waals surface area contributed by atoms with Gasteiger partial charge in [-0.3, -0.25) is 9.59 Å². The number of unbranched alkanes of at least 4 members (excludes halogenated alkanes) is 26. The molecule has 0 aliphatic carbocycles. The molecule has 0 bridgehead atoms. The van der Waals surface area contributed by atoms with Crippen LogP contribution >= 0.6 is 0 Å². The highest BCUT2D eigenvalue weighted by Crippen LogP contribution is 2.28. The number of hydrogen-bond acceptors (Lipinski definition) is 3. The van der Waals surface area contributed by atoms with E-state index >= 15 is 0 Å². The standard InChI is InChI=1S/C46H82O4/c1-5-7-9-11-13-15-17-19-21-23-25-27-29-31-33-42(34-32-30-28-26-24-22-20-18-16-14-12-10-8-6-2)46(49)50-43-37-35-41(36-38-43)44(45(47)48)39-40(3)4/h35-38,40,42,44H,5-34,39H2,1-4H3,(H,47,48). The van der Waals surface area contributed by atoms with Gasteiger partial charge < -0.3 is 9.84 Å². The van der Waals surface area contributed by atoms with Gasteiger partial charge in [0.05, 0.1) is 11.8 Å². The molecule has 290 valence electrons. The molecule has 0 saturated carbocycles. The third kappa shape index (κ3) is 26.0. The summed E-state index contributed by atoms with van der Waals surface area (Å²) in [6, 6.07) is 7.19. The van der Waals surface area contributed by atoms with Gasteiger partial charge >= 0.3 is 11.9 Å². The van der Waals surface area contributed by atoms with Crippen LogP contribution in [0.5, 0.6) is 5.75 Å². The molecule has 0 heterocycles. The van der Waals surface area contributed by atoms with Crippen molar-refractivity contribution in [3.63, 3.8) is 0 Å². The highest BCUT2D eigenvalue weighted by atomic mass is 16.5. The van der Waals surface area contributed by atoms with E-state index in [9.17, 15) is 14.7 Å². The molecule has 1 atom stereocenters. The van der Waals surface area contributed by atoms with Gasteiger partial charge in [-0.1, -0.05) is 220 Å². The maximum atomic E-state index is 13.4. The van der Waals surface area contributed by atoms with Crippen molar-refractivity contribution in [2.75, 3.05) is 0 Å². The SMILES string of the molecule is CCCCCCCCCCCCCCCCC(CCCCCCCCCCCCCCCC)C(=O)Oc1ccc(C(CC(C)C)C(=O)O)cc1. The highest BCUT2D eigenvalue weighted by molar-refractivity contribution is 5.77. The first-order valence-corrected chi connectivity index (χ1v) is 21.9. The maximum absolute atomic E-state index is 13.4. The third-order valence-corrected chi connectivity index (χ3v) is 10.7. The van der Waals surface area contributed by atoms with Crippen molar-refractivity contribution < 1.29 is 19.4 Å². The summed E-state index contributed by atoms with van der Waals surface area (Å²) in [6.45, 7) is 8.65. The van der Waals surface area contributed by atoms with E-state index < -0.39 is 11.9 Å². The van der Waals surface area contributed by atoms with E-state index in [0.717, 1.165) is 31.2 Å². The van der Waals surface area contributed by atoms with E-state index in [4.69, 9.17) is 4.74 Å². The first-order valence-electron chi connectivity index (χ1n) is 21.9. The Morgan fingerprint density at radius 2 is 0.840 bits per heavy atom. The number of carbonyl (C=O) groups excluding carboxylic acids is 1. The molecule has 4 heteroatoms. The van der Waals surface area contributed by atoms with Gasteiger partial charge in [-0.05, 0) is 42.9 Å². The molecular formula is C46H82O4. The molecule has 1 N–H and O–H groups in total. The van der Waals surface area contributed by atoms with Crippen molar-refractivity contribution in [2.45, 2.75) is 233 Å². The second-order valence-electron chi connectivity index (χ2n) is 16.0. The predicted molar refractivity (Wildman–Crippen MR) is 215 cm³/mol. The summed E-state index contributed by atoms with van der Waals surface area (Å²) in [7, 11) is 0. The number of carboxylic acid groups (broad SMARTS) is 1. The molecule has 0 spiro atoms. The van der Waals surface area contributed by atoms with Crippen LogP contribution < -0.4 is 4.74 Å². The molecule has 0 aromatic heterocycles. The predicted octanol–water partition coefficient (Wildman–Crippen LogP) is 15.2. The van der Waals surface area contributed by atoms with Crippen molar-refractivity contribution >= 4 is 11.9 Å². The molecule has 1 aromatic carbocycles. The van der Waals surface area contributed by atoms with Crippen LogP contribution in [0, 0.1) is 11.8 Å². The highest BCUT2D eigenvalue weighted by Gasteiger charge is 2.23. The fourth-order valence-corrected chi connectivity index (χ4v) is 7.37. The van der Waals surface area contributed by atoms with Gasteiger partial charge in [-0.2, -0.15) is 0 Å². The third-order valence-electron chi connectivity index (χ3n) is 10.7. The summed E-state index contributed by atoms with van der Waals surface area (Å²) in [5.74, 6) is -0.687. The molecule has 4 nitrogen and oxygen atoms in total. The first kappa shape index (κ1) is 46.2. The lowest BCUT2D eigenvalue weighted by Gasteiger charge is -2.17. The molecule has 0 amide bonds.